The second-order valence-electron chi connectivity index (χ2n) is 4.12. The molecule has 3 rings (SSSR count). The Morgan fingerprint density at radius 1 is 1.15 bits per heavy atom. The van der Waals surface area contributed by atoms with Crippen molar-refractivity contribution in [2.24, 2.45) is 0 Å². The Morgan fingerprint density at radius 2 is 1.85 bits per heavy atom. The maximum Gasteiger partial charge on any atom is 0.188 e. The molecule has 0 unspecified atom stereocenters. The van der Waals surface area contributed by atoms with Crippen molar-refractivity contribution >= 4 is 54.0 Å². The zero-order valence-electron chi connectivity index (χ0n) is 9.95. The maximum atomic E-state index is 13.7. The smallest absolute Gasteiger partial charge is 0.188 e. The highest BCUT2D eigenvalue weighted by Crippen LogP contribution is 2.32. The van der Waals surface area contributed by atoms with Gasteiger partial charge in [-0.25, -0.2) is 13.8 Å². The topological polar surface area (TPSA) is 50.9 Å². The van der Waals surface area contributed by atoms with E-state index < -0.39 is 11.6 Å². The van der Waals surface area contributed by atoms with Crippen molar-refractivity contribution in [1.29, 1.82) is 0 Å². The predicted octanol–water partition coefficient (Wildman–Crippen LogP) is 4.66. The quantitative estimate of drug-likeness (QED) is 0.657. The number of anilines is 3. The second-order valence-corrected chi connectivity index (χ2v) is 6.06. The van der Waals surface area contributed by atoms with Crippen LogP contribution < -0.4 is 11.1 Å². The van der Waals surface area contributed by atoms with Crippen molar-refractivity contribution in [2.75, 3.05) is 11.1 Å². The lowest BCUT2D eigenvalue weighted by Crippen LogP contribution is -1.97. The summed E-state index contributed by atoms with van der Waals surface area (Å²) in [6.45, 7) is 0. The van der Waals surface area contributed by atoms with E-state index in [4.69, 9.17) is 5.73 Å². The second kappa shape index (κ2) is 4.99. The minimum absolute atomic E-state index is 0.222. The number of hydrogen-bond acceptors (Lipinski definition) is 4. The van der Waals surface area contributed by atoms with Crippen LogP contribution in [0.2, 0.25) is 0 Å². The minimum Gasteiger partial charge on any atom is -0.399 e. The molecule has 2 aromatic carbocycles. The van der Waals surface area contributed by atoms with E-state index in [-0.39, 0.29) is 5.69 Å². The predicted molar refractivity (Wildman–Crippen MR) is 81.4 cm³/mol. The van der Waals surface area contributed by atoms with E-state index in [1.165, 1.54) is 23.5 Å². The monoisotopic (exact) mass is 355 g/mol. The molecule has 0 saturated heterocycles. The fraction of sp³-hybridized carbons (Fsp3) is 0. The van der Waals surface area contributed by atoms with Crippen LogP contribution in [0.3, 0.4) is 0 Å². The molecule has 0 aliphatic carbocycles. The van der Waals surface area contributed by atoms with Crippen LogP contribution in [0.4, 0.5) is 25.3 Å². The first kappa shape index (κ1) is 13.3. The Morgan fingerprint density at radius 3 is 2.55 bits per heavy atom. The van der Waals surface area contributed by atoms with Gasteiger partial charge in [-0.05, 0) is 30.3 Å². The number of aromatic nitrogens is 1. The molecule has 0 saturated carbocycles. The highest BCUT2D eigenvalue weighted by atomic mass is 79.9. The highest BCUT2D eigenvalue weighted by Gasteiger charge is 2.13. The fourth-order valence-corrected chi connectivity index (χ4v) is 3.08. The number of fused-ring (bicyclic) bond motifs is 1. The lowest BCUT2D eigenvalue weighted by Gasteiger charge is -2.06. The molecular formula is C13H8BrF2N3S. The zero-order valence-corrected chi connectivity index (χ0v) is 12.4. The molecule has 3 N–H and O–H groups in total. The van der Waals surface area contributed by atoms with Crippen molar-refractivity contribution < 1.29 is 8.78 Å². The maximum absolute atomic E-state index is 13.7. The van der Waals surface area contributed by atoms with Crippen LogP contribution in [0.5, 0.6) is 0 Å². The van der Waals surface area contributed by atoms with Crippen molar-refractivity contribution in [3.8, 4) is 0 Å². The first-order valence-corrected chi connectivity index (χ1v) is 7.21. The van der Waals surface area contributed by atoms with Gasteiger partial charge in [0.15, 0.2) is 16.8 Å². The van der Waals surface area contributed by atoms with E-state index in [0.29, 0.717) is 15.3 Å². The molecule has 0 fully saturated rings. The first-order chi connectivity index (χ1) is 9.52. The number of rotatable bonds is 2. The molecule has 1 heterocycles. The van der Waals surface area contributed by atoms with Gasteiger partial charge in [-0.1, -0.05) is 27.3 Å². The van der Waals surface area contributed by atoms with Crippen LogP contribution in [0.15, 0.2) is 34.8 Å². The number of nitrogens with zero attached hydrogens (tertiary/aromatic N) is 1. The largest absolute Gasteiger partial charge is 0.399 e. The molecule has 3 aromatic rings. The number of hydrogen-bond donors (Lipinski definition) is 2. The molecule has 102 valence electrons. The Balaban J connectivity index is 2.01. The number of nitrogens with two attached hydrogens (primary N) is 1. The molecule has 0 aliphatic rings. The van der Waals surface area contributed by atoms with Gasteiger partial charge in [0.25, 0.3) is 0 Å². The van der Waals surface area contributed by atoms with Gasteiger partial charge in [-0.3, -0.25) is 0 Å². The molecule has 0 aliphatic heterocycles. The minimum atomic E-state index is -0.685. The first-order valence-electron chi connectivity index (χ1n) is 5.60. The molecule has 0 bridgehead atoms. The SMILES string of the molecule is Nc1ccc2nc(Nc3c(F)cc(Br)cc3F)sc2c1. The van der Waals surface area contributed by atoms with Crippen LogP contribution in [0.1, 0.15) is 0 Å². The normalized spacial score (nSPS) is 10.9. The van der Waals surface area contributed by atoms with Gasteiger partial charge in [-0.2, -0.15) is 0 Å². The summed E-state index contributed by atoms with van der Waals surface area (Å²) < 4.78 is 28.7. The van der Waals surface area contributed by atoms with Gasteiger partial charge in [0.1, 0.15) is 5.69 Å². The molecule has 0 spiro atoms. The van der Waals surface area contributed by atoms with Gasteiger partial charge in [-0.15, -0.1) is 0 Å². The van der Waals surface area contributed by atoms with Gasteiger partial charge >= 0.3 is 0 Å². The molecule has 1 aromatic heterocycles. The van der Waals surface area contributed by atoms with Gasteiger partial charge < -0.3 is 11.1 Å². The average Bonchev–Trinajstić information content (AvgIpc) is 2.75. The van der Waals surface area contributed by atoms with E-state index in [9.17, 15) is 8.78 Å². The number of nitrogen functional groups attached to an aromatic ring is 1. The van der Waals surface area contributed by atoms with Crippen molar-refractivity contribution in [2.45, 2.75) is 0 Å². The molecule has 20 heavy (non-hydrogen) atoms. The Kier molecular flexibility index (Phi) is 3.31. The third kappa shape index (κ3) is 2.46. The molecule has 0 amide bonds. The average molecular weight is 356 g/mol. The zero-order chi connectivity index (χ0) is 14.3. The van der Waals surface area contributed by atoms with Crippen molar-refractivity contribution in [3.63, 3.8) is 0 Å². The van der Waals surface area contributed by atoms with E-state index in [2.05, 4.69) is 26.2 Å². The lowest BCUT2D eigenvalue weighted by atomic mass is 10.3. The summed E-state index contributed by atoms with van der Waals surface area (Å²) in [5.74, 6) is -1.37. The Hall–Kier alpha value is -1.73. The van der Waals surface area contributed by atoms with Gasteiger partial charge in [0, 0.05) is 10.2 Å². The van der Waals surface area contributed by atoms with Crippen LogP contribution in [0, 0.1) is 11.6 Å². The highest BCUT2D eigenvalue weighted by molar-refractivity contribution is 9.10. The third-order valence-corrected chi connectivity index (χ3v) is 4.04. The number of benzene rings is 2. The number of thiazole rings is 1. The van der Waals surface area contributed by atoms with Crippen LogP contribution in [-0.2, 0) is 0 Å². The van der Waals surface area contributed by atoms with Crippen LogP contribution in [-0.4, -0.2) is 4.98 Å². The van der Waals surface area contributed by atoms with Crippen LogP contribution in [0.25, 0.3) is 10.2 Å². The molecule has 7 heteroatoms. The van der Waals surface area contributed by atoms with E-state index in [1.807, 2.05) is 0 Å². The molecule has 0 atom stereocenters. The Bertz CT molecular complexity index is 780. The summed E-state index contributed by atoms with van der Waals surface area (Å²) in [4.78, 5) is 4.26. The van der Waals surface area contributed by atoms with Crippen molar-refractivity contribution in [3.05, 3.63) is 46.4 Å². The number of nitrogens with one attached hydrogen (secondary N) is 1. The van der Waals surface area contributed by atoms with Crippen LogP contribution >= 0.6 is 27.3 Å². The summed E-state index contributed by atoms with van der Waals surface area (Å²) in [5, 5.41) is 3.08. The molecule has 3 nitrogen and oxygen atoms in total. The lowest BCUT2D eigenvalue weighted by molar-refractivity contribution is 0.589. The summed E-state index contributed by atoms with van der Waals surface area (Å²) >= 11 is 4.31. The number of halogens is 3. The van der Waals surface area contributed by atoms with Gasteiger partial charge in [0.05, 0.1) is 10.2 Å². The summed E-state index contributed by atoms with van der Waals surface area (Å²) in [6.07, 6.45) is 0. The molecular weight excluding hydrogens is 348 g/mol. The summed E-state index contributed by atoms with van der Waals surface area (Å²) in [6, 6.07) is 7.65. The van der Waals surface area contributed by atoms with Gasteiger partial charge in [0.2, 0.25) is 0 Å². The van der Waals surface area contributed by atoms with E-state index in [0.717, 1.165) is 10.2 Å². The summed E-state index contributed by atoms with van der Waals surface area (Å²) in [5.41, 5.74) is 6.81. The van der Waals surface area contributed by atoms with E-state index >= 15 is 0 Å². The molecule has 0 radical (unpaired) electrons. The van der Waals surface area contributed by atoms with E-state index in [1.54, 1.807) is 18.2 Å². The summed E-state index contributed by atoms with van der Waals surface area (Å²) in [7, 11) is 0. The Labute approximate surface area is 125 Å². The van der Waals surface area contributed by atoms with Crippen molar-refractivity contribution in [1.82, 2.24) is 4.98 Å². The standard InChI is InChI=1S/C13H8BrF2N3S/c14-6-3-8(15)12(9(16)4-6)19-13-18-10-2-1-7(17)5-11(10)20-13/h1-5H,17H2,(H,18,19). The third-order valence-electron chi connectivity index (χ3n) is 2.65. The fourth-order valence-electron chi connectivity index (χ4n) is 1.76.